The van der Waals surface area contributed by atoms with Crippen molar-refractivity contribution in [1.82, 2.24) is 4.90 Å². The third-order valence-corrected chi connectivity index (χ3v) is 4.87. The highest BCUT2D eigenvalue weighted by atomic mass is 16.7. The van der Waals surface area contributed by atoms with E-state index in [0.29, 0.717) is 13.0 Å². The topological polar surface area (TPSA) is 65.1 Å². The fourth-order valence-corrected chi connectivity index (χ4v) is 3.13. The summed E-state index contributed by atoms with van der Waals surface area (Å²) in [7, 11) is 3.82. The summed E-state index contributed by atoms with van der Waals surface area (Å²) in [5, 5.41) is 0. The number of rotatable bonds is 19. The molecule has 0 amide bonds. The van der Waals surface area contributed by atoms with Crippen molar-refractivity contribution >= 4 is 12.1 Å². The van der Waals surface area contributed by atoms with Gasteiger partial charge in [0.2, 0.25) is 0 Å². The second kappa shape index (κ2) is 19.7. The van der Waals surface area contributed by atoms with Gasteiger partial charge in [-0.25, -0.2) is 4.79 Å². The molecular weight excluding hydrogens is 382 g/mol. The molecule has 6 heteroatoms. The molecule has 0 N–H and O–H groups in total. The van der Waals surface area contributed by atoms with E-state index >= 15 is 0 Å². The zero-order valence-corrected chi connectivity index (χ0v) is 19.7. The molecule has 0 saturated heterocycles. The minimum absolute atomic E-state index is 0.176. The lowest BCUT2D eigenvalue weighted by atomic mass is 10.0. The van der Waals surface area contributed by atoms with Crippen molar-refractivity contribution in [2.24, 2.45) is 0 Å². The van der Waals surface area contributed by atoms with Gasteiger partial charge in [0.25, 0.3) is 0 Å². The van der Waals surface area contributed by atoms with Gasteiger partial charge in [-0.15, -0.1) is 0 Å². The molecule has 0 saturated carbocycles. The van der Waals surface area contributed by atoms with Crippen molar-refractivity contribution in [1.29, 1.82) is 0 Å². The van der Waals surface area contributed by atoms with Gasteiger partial charge in [-0.1, -0.05) is 64.7 Å². The summed E-state index contributed by atoms with van der Waals surface area (Å²) in [6.07, 6.45) is 12.2. The first-order valence-electron chi connectivity index (χ1n) is 11.7. The zero-order valence-electron chi connectivity index (χ0n) is 19.7. The van der Waals surface area contributed by atoms with E-state index in [1.807, 2.05) is 19.0 Å². The van der Waals surface area contributed by atoms with E-state index in [2.05, 4.69) is 20.8 Å². The van der Waals surface area contributed by atoms with Crippen molar-refractivity contribution in [2.45, 2.75) is 103 Å². The summed E-state index contributed by atoms with van der Waals surface area (Å²) in [6, 6.07) is 0. The number of unbranched alkanes of at least 4 members (excludes halogenated alkanes) is 9. The second-order valence-corrected chi connectivity index (χ2v) is 8.26. The number of nitrogens with zero attached hydrogens (tertiary/aromatic N) is 1. The number of likely N-dealkylation sites (N-methyl/N-ethyl adjacent to an activating group) is 1. The van der Waals surface area contributed by atoms with Crippen LogP contribution in [-0.2, 0) is 19.0 Å². The first-order chi connectivity index (χ1) is 14.3. The van der Waals surface area contributed by atoms with Crippen LogP contribution in [0, 0.1) is 13.8 Å². The largest absolute Gasteiger partial charge is 0.508 e. The Kier molecular flexibility index (Phi) is 18.8. The molecule has 0 aromatic rings. The Hall–Kier alpha value is -1.30. The van der Waals surface area contributed by atoms with Gasteiger partial charge in [-0.05, 0) is 47.2 Å². The van der Waals surface area contributed by atoms with Crippen LogP contribution in [0.4, 0.5) is 4.79 Å². The fourth-order valence-electron chi connectivity index (χ4n) is 3.13. The molecular formula is C24H45NO5. The average Bonchev–Trinajstić information content (AvgIpc) is 2.66. The summed E-state index contributed by atoms with van der Waals surface area (Å²) in [5.41, 5.74) is 0. The number of hydrogen-bond acceptors (Lipinski definition) is 6. The van der Waals surface area contributed by atoms with Crippen LogP contribution in [0.2, 0.25) is 0 Å². The molecule has 0 heterocycles. The van der Waals surface area contributed by atoms with Crippen molar-refractivity contribution in [2.75, 3.05) is 27.2 Å². The van der Waals surface area contributed by atoms with Crippen LogP contribution in [0.15, 0.2) is 0 Å². The molecule has 1 unspecified atom stereocenters. The molecule has 6 nitrogen and oxygen atoms in total. The highest BCUT2D eigenvalue weighted by molar-refractivity contribution is 5.69. The summed E-state index contributed by atoms with van der Waals surface area (Å²) in [4.78, 5) is 25.6. The lowest BCUT2D eigenvalue weighted by molar-refractivity contribution is -0.146. The van der Waals surface area contributed by atoms with E-state index in [4.69, 9.17) is 14.2 Å². The molecule has 176 valence electrons. The van der Waals surface area contributed by atoms with E-state index in [9.17, 15) is 9.59 Å². The number of esters is 1. The Morgan fingerprint density at radius 1 is 0.833 bits per heavy atom. The first kappa shape index (κ1) is 28.7. The van der Waals surface area contributed by atoms with Crippen LogP contribution in [0.1, 0.15) is 90.4 Å². The number of carbonyl (C=O) groups excluding carboxylic acids is 2. The lowest BCUT2D eigenvalue weighted by Gasteiger charge is -2.18. The molecule has 1 atom stereocenters. The van der Waals surface area contributed by atoms with Crippen molar-refractivity contribution in [3.8, 4) is 0 Å². The maximum absolute atomic E-state index is 11.9. The molecule has 0 aromatic heterocycles. The Balaban J connectivity index is 4.12. The van der Waals surface area contributed by atoms with Crippen LogP contribution >= 0.6 is 0 Å². The average molecular weight is 428 g/mol. The molecule has 0 fully saturated rings. The summed E-state index contributed by atoms with van der Waals surface area (Å²) < 4.78 is 15.5. The highest BCUT2D eigenvalue weighted by Gasteiger charge is 2.18. The second-order valence-electron chi connectivity index (χ2n) is 8.26. The molecule has 0 aliphatic heterocycles. The third kappa shape index (κ3) is 20.0. The number of hydrogen-bond donors (Lipinski definition) is 0. The van der Waals surface area contributed by atoms with Gasteiger partial charge in [-0.3, -0.25) is 4.79 Å². The van der Waals surface area contributed by atoms with E-state index in [1.54, 1.807) is 0 Å². The first-order valence-corrected chi connectivity index (χ1v) is 11.7. The van der Waals surface area contributed by atoms with Gasteiger partial charge in [-0.2, -0.15) is 0 Å². The molecule has 0 spiro atoms. The number of carbonyl (C=O) groups is 2. The molecule has 0 rings (SSSR count). The fraction of sp³-hybridized carbons (Fsp3) is 0.833. The van der Waals surface area contributed by atoms with Gasteiger partial charge in [0, 0.05) is 13.0 Å². The SMILES string of the molecule is [CH2]C([CH2])OC(=O)CCC(CCCCCCCCCCCC)OC(=O)OCCN(C)C. The van der Waals surface area contributed by atoms with E-state index < -0.39 is 12.3 Å². The lowest BCUT2D eigenvalue weighted by Crippen LogP contribution is -2.24. The predicted molar refractivity (Wildman–Crippen MR) is 121 cm³/mol. The zero-order chi connectivity index (χ0) is 22.6. The maximum atomic E-state index is 11.9. The molecule has 0 aromatic carbocycles. The normalized spacial score (nSPS) is 12.2. The predicted octanol–water partition coefficient (Wildman–Crippen LogP) is 5.74. The summed E-state index contributed by atoms with van der Waals surface area (Å²) >= 11 is 0. The van der Waals surface area contributed by atoms with E-state index in [-0.39, 0.29) is 25.1 Å². The van der Waals surface area contributed by atoms with Crippen LogP contribution in [0.25, 0.3) is 0 Å². The molecule has 0 bridgehead atoms. The van der Waals surface area contributed by atoms with Gasteiger partial charge >= 0.3 is 12.1 Å². The minimum atomic E-state index is -0.672. The smallest absolute Gasteiger partial charge is 0.462 e. The Morgan fingerprint density at radius 2 is 1.40 bits per heavy atom. The minimum Gasteiger partial charge on any atom is -0.462 e. The van der Waals surface area contributed by atoms with Crippen LogP contribution in [0.5, 0.6) is 0 Å². The van der Waals surface area contributed by atoms with Gasteiger partial charge < -0.3 is 19.1 Å². The van der Waals surface area contributed by atoms with Crippen LogP contribution < -0.4 is 0 Å². The summed E-state index contributed by atoms with van der Waals surface area (Å²) in [6.45, 7) is 10.2. The molecule has 30 heavy (non-hydrogen) atoms. The Morgan fingerprint density at radius 3 is 1.93 bits per heavy atom. The van der Waals surface area contributed by atoms with Gasteiger partial charge in [0.1, 0.15) is 18.8 Å². The molecule has 2 radical (unpaired) electrons. The quantitative estimate of drug-likeness (QED) is 0.193. The van der Waals surface area contributed by atoms with E-state index in [0.717, 1.165) is 19.3 Å². The Labute approximate surface area is 185 Å². The third-order valence-electron chi connectivity index (χ3n) is 4.87. The molecule has 0 aliphatic rings. The van der Waals surface area contributed by atoms with Crippen molar-refractivity contribution in [3.05, 3.63) is 13.8 Å². The monoisotopic (exact) mass is 427 g/mol. The van der Waals surface area contributed by atoms with E-state index in [1.165, 1.54) is 51.4 Å². The Bertz CT molecular complexity index is 426. The van der Waals surface area contributed by atoms with Crippen molar-refractivity contribution < 1.29 is 23.8 Å². The number of ether oxygens (including phenoxy) is 3. The highest BCUT2D eigenvalue weighted by Crippen LogP contribution is 2.16. The summed E-state index contributed by atoms with van der Waals surface area (Å²) in [5.74, 6) is -0.373. The standard InChI is InChI=1S/C24H45NO5/c1-6-7-8-9-10-11-12-13-14-15-16-22(17-18-23(26)29-21(2)3)30-24(27)28-20-19-25(4)5/h21-22H,2-3,6-20H2,1,4-5H3. The maximum Gasteiger partial charge on any atom is 0.508 e. The van der Waals surface area contributed by atoms with Crippen LogP contribution in [0.3, 0.4) is 0 Å². The van der Waals surface area contributed by atoms with Crippen LogP contribution in [-0.4, -0.2) is 56.5 Å². The van der Waals surface area contributed by atoms with Crippen molar-refractivity contribution in [3.63, 3.8) is 0 Å². The van der Waals surface area contributed by atoms with Gasteiger partial charge in [0.15, 0.2) is 0 Å². The van der Waals surface area contributed by atoms with Gasteiger partial charge in [0.05, 0.1) is 0 Å². The molecule has 0 aliphatic carbocycles.